The number of halogens is 3. The van der Waals surface area contributed by atoms with E-state index in [4.69, 9.17) is 16.2 Å². The molecule has 2 rings (SSSR count). The van der Waals surface area contributed by atoms with Gasteiger partial charge in [0.15, 0.2) is 6.23 Å². The summed E-state index contributed by atoms with van der Waals surface area (Å²) in [5, 5.41) is 0. The predicted octanol–water partition coefficient (Wildman–Crippen LogP) is 3.17. The number of hydrogen-bond acceptors (Lipinski definition) is 4. The number of anilines is 2. The molecule has 25 heavy (non-hydrogen) atoms. The maximum absolute atomic E-state index is 13.0. The molecular formula is C17H18F3N3O2. The number of nitrogen functional groups attached to an aromatic ring is 2. The molecule has 2 aromatic rings. The summed E-state index contributed by atoms with van der Waals surface area (Å²) in [5.74, 6) is -1.88. The van der Waals surface area contributed by atoms with Gasteiger partial charge in [-0.1, -0.05) is 36.4 Å². The first-order chi connectivity index (χ1) is 11.7. The summed E-state index contributed by atoms with van der Waals surface area (Å²) >= 11 is 0. The lowest BCUT2D eigenvalue weighted by molar-refractivity contribution is -0.193. The number of nitrogens with zero attached hydrogens (tertiary/aromatic N) is 1. The van der Waals surface area contributed by atoms with E-state index in [-0.39, 0.29) is 23.7 Å². The van der Waals surface area contributed by atoms with E-state index in [2.05, 4.69) is 0 Å². The average Bonchev–Trinajstić information content (AvgIpc) is 2.56. The average molecular weight is 353 g/mol. The predicted molar refractivity (Wildman–Crippen MR) is 88.4 cm³/mol. The molecule has 0 bridgehead atoms. The molecule has 1 atom stereocenters. The van der Waals surface area contributed by atoms with Crippen molar-refractivity contribution in [1.82, 2.24) is 4.90 Å². The summed E-state index contributed by atoms with van der Waals surface area (Å²) in [7, 11) is 0. The van der Waals surface area contributed by atoms with Crippen molar-refractivity contribution in [1.29, 1.82) is 0 Å². The normalized spacial score (nSPS) is 12.5. The number of benzene rings is 2. The summed E-state index contributed by atoms with van der Waals surface area (Å²) < 4.78 is 44.3. The Hall–Kier alpha value is -2.90. The topological polar surface area (TPSA) is 81.6 Å². The zero-order chi connectivity index (χ0) is 18.6. The van der Waals surface area contributed by atoms with Crippen LogP contribution in [0.1, 0.15) is 12.5 Å². The summed E-state index contributed by atoms with van der Waals surface area (Å²) in [6, 6.07) is 12.9. The van der Waals surface area contributed by atoms with E-state index in [0.29, 0.717) is 10.5 Å². The van der Waals surface area contributed by atoms with Crippen molar-refractivity contribution in [3.63, 3.8) is 0 Å². The van der Waals surface area contributed by atoms with Crippen LogP contribution in [-0.4, -0.2) is 23.2 Å². The van der Waals surface area contributed by atoms with Crippen LogP contribution < -0.4 is 16.2 Å². The second kappa shape index (κ2) is 7.33. The minimum Gasteiger partial charge on any atom is -0.468 e. The molecular weight excluding hydrogens is 335 g/mol. The maximum Gasteiger partial charge on any atom is 0.471 e. The van der Waals surface area contributed by atoms with E-state index in [1.165, 1.54) is 19.1 Å². The van der Waals surface area contributed by atoms with Gasteiger partial charge in [0.05, 0.1) is 11.4 Å². The van der Waals surface area contributed by atoms with Crippen LogP contribution in [0.2, 0.25) is 0 Å². The van der Waals surface area contributed by atoms with Crippen molar-refractivity contribution in [2.75, 3.05) is 11.5 Å². The smallest absolute Gasteiger partial charge is 0.468 e. The lowest BCUT2D eigenvalue weighted by Gasteiger charge is -2.30. The third-order valence-electron chi connectivity index (χ3n) is 3.54. The lowest BCUT2D eigenvalue weighted by atomic mass is 10.2. The highest BCUT2D eigenvalue weighted by molar-refractivity contribution is 5.82. The molecule has 0 radical (unpaired) electrons. The SMILES string of the molecule is CC(Oc1cccc(N)c1N)N(Cc1ccccc1)C(=O)C(F)(F)F. The van der Waals surface area contributed by atoms with E-state index in [1.807, 2.05) is 0 Å². The van der Waals surface area contributed by atoms with Gasteiger partial charge >= 0.3 is 12.1 Å². The van der Waals surface area contributed by atoms with Crippen molar-refractivity contribution < 1.29 is 22.7 Å². The second-order valence-electron chi connectivity index (χ2n) is 5.39. The van der Waals surface area contributed by atoms with Crippen LogP contribution in [0.5, 0.6) is 5.75 Å². The van der Waals surface area contributed by atoms with E-state index in [1.54, 1.807) is 36.4 Å². The number of carbonyl (C=O) groups excluding carboxylic acids is 1. The zero-order valence-electron chi connectivity index (χ0n) is 13.5. The molecule has 0 saturated heterocycles. The van der Waals surface area contributed by atoms with Crippen LogP contribution in [0.3, 0.4) is 0 Å². The van der Waals surface area contributed by atoms with Crippen LogP contribution in [-0.2, 0) is 11.3 Å². The van der Waals surface area contributed by atoms with Crippen LogP contribution in [0, 0.1) is 0 Å². The molecule has 134 valence electrons. The Morgan fingerprint density at radius 3 is 2.36 bits per heavy atom. The molecule has 4 N–H and O–H groups in total. The molecule has 5 nitrogen and oxygen atoms in total. The van der Waals surface area contributed by atoms with Crippen molar-refractivity contribution in [2.24, 2.45) is 0 Å². The third kappa shape index (κ3) is 4.56. The number of amides is 1. The Morgan fingerprint density at radius 2 is 1.76 bits per heavy atom. The van der Waals surface area contributed by atoms with Crippen LogP contribution in [0.25, 0.3) is 0 Å². The molecule has 0 fully saturated rings. The Balaban J connectivity index is 2.27. The fourth-order valence-corrected chi connectivity index (χ4v) is 2.22. The monoisotopic (exact) mass is 353 g/mol. The van der Waals surface area contributed by atoms with Crippen molar-refractivity contribution in [3.8, 4) is 5.75 Å². The van der Waals surface area contributed by atoms with E-state index < -0.39 is 18.3 Å². The van der Waals surface area contributed by atoms with Gasteiger partial charge in [0.1, 0.15) is 5.75 Å². The largest absolute Gasteiger partial charge is 0.471 e. The molecule has 0 spiro atoms. The zero-order valence-corrected chi connectivity index (χ0v) is 13.5. The van der Waals surface area contributed by atoms with Gasteiger partial charge in [0, 0.05) is 6.54 Å². The number of alkyl halides is 3. The Morgan fingerprint density at radius 1 is 1.12 bits per heavy atom. The molecule has 1 unspecified atom stereocenters. The summed E-state index contributed by atoms with van der Waals surface area (Å²) in [4.78, 5) is 12.4. The van der Waals surface area contributed by atoms with E-state index in [9.17, 15) is 18.0 Å². The first-order valence-electron chi connectivity index (χ1n) is 7.42. The number of hydrogen-bond donors (Lipinski definition) is 2. The standard InChI is InChI=1S/C17H18F3N3O2/c1-11(25-14-9-5-8-13(21)15(14)22)23(16(24)17(18,19)20)10-12-6-3-2-4-7-12/h2-9,11H,10,21-22H2,1H3. The molecule has 0 aliphatic carbocycles. The third-order valence-corrected chi connectivity index (χ3v) is 3.54. The van der Waals surface area contributed by atoms with E-state index >= 15 is 0 Å². The molecule has 0 aliphatic heterocycles. The Labute approximate surface area is 143 Å². The molecule has 0 saturated carbocycles. The van der Waals surface area contributed by atoms with Crippen molar-refractivity contribution in [2.45, 2.75) is 25.9 Å². The van der Waals surface area contributed by atoms with Gasteiger partial charge in [-0.15, -0.1) is 0 Å². The molecule has 1 amide bonds. The molecule has 0 heterocycles. The minimum absolute atomic E-state index is 0.105. The summed E-state index contributed by atoms with van der Waals surface area (Å²) in [6.45, 7) is 1.08. The number of nitrogens with two attached hydrogens (primary N) is 2. The number of rotatable bonds is 5. The molecule has 8 heteroatoms. The van der Waals surface area contributed by atoms with Crippen molar-refractivity contribution >= 4 is 17.3 Å². The van der Waals surface area contributed by atoms with Gasteiger partial charge < -0.3 is 16.2 Å². The first-order valence-corrected chi connectivity index (χ1v) is 7.42. The molecule has 0 aliphatic rings. The maximum atomic E-state index is 13.0. The Kier molecular flexibility index (Phi) is 5.41. The highest BCUT2D eigenvalue weighted by Crippen LogP contribution is 2.29. The minimum atomic E-state index is -5.02. The fraction of sp³-hybridized carbons (Fsp3) is 0.235. The van der Waals surface area contributed by atoms with Crippen LogP contribution in [0.4, 0.5) is 24.5 Å². The highest BCUT2D eigenvalue weighted by Gasteiger charge is 2.44. The number of carbonyl (C=O) groups is 1. The summed E-state index contributed by atoms with van der Waals surface area (Å²) in [5.41, 5.74) is 12.3. The van der Waals surface area contributed by atoms with Crippen LogP contribution >= 0.6 is 0 Å². The fourth-order valence-electron chi connectivity index (χ4n) is 2.22. The second-order valence-corrected chi connectivity index (χ2v) is 5.39. The van der Waals surface area contributed by atoms with Gasteiger partial charge in [-0.2, -0.15) is 13.2 Å². The molecule has 2 aromatic carbocycles. The number of ether oxygens (including phenoxy) is 1. The van der Waals surface area contributed by atoms with Gasteiger partial charge in [0.2, 0.25) is 0 Å². The number of para-hydroxylation sites is 1. The van der Waals surface area contributed by atoms with Crippen LogP contribution in [0.15, 0.2) is 48.5 Å². The quantitative estimate of drug-likeness (QED) is 0.639. The Bertz CT molecular complexity index is 736. The lowest BCUT2D eigenvalue weighted by Crippen LogP contribution is -2.47. The highest BCUT2D eigenvalue weighted by atomic mass is 19.4. The van der Waals surface area contributed by atoms with Crippen molar-refractivity contribution in [3.05, 3.63) is 54.1 Å². The van der Waals surface area contributed by atoms with Gasteiger partial charge in [-0.05, 0) is 24.6 Å². The molecule has 0 aromatic heterocycles. The van der Waals surface area contributed by atoms with E-state index in [0.717, 1.165) is 0 Å². The van der Waals surface area contributed by atoms with Gasteiger partial charge in [0.25, 0.3) is 0 Å². The van der Waals surface area contributed by atoms with Gasteiger partial charge in [-0.25, -0.2) is 0 Å². The summed E-state index contributed by atoms with van der Waals surface area (Å²) in [6.07, 6.45) is -6.23. The first kappa shape index (κ1) is 18.4. The van der Waals surface area contributed by atoms with Gasteiger partial charge in [-0.3, -0.25) is 9.69 Å².